The maximum absolute atomic E-state index is 13.4. The summed E-state index contributed by atoms with van der Waals surface area (Å²) in [7, 11) is 0. The summed E-state index contributed by atoms with van der Waals surface area (Å²) in [6.07, 6.45) is 0. The fourth-order valence-electron chi connectivity index (χ4n) is 3.28. The largest absolute Gasteiger partial charge is 0.452 e. The Morgan fingerprint density at radius 2 is 1.83 bits per heavy atom. The minimum absolute atomic E-state index is 0.245. The number of hydrogen-bond acceptors (Lipinski definition) is 4. The second-order valence-corrected chi connectivity index (χ2v) is 6.91. The highest BCUT2D eigenvalue weighted by Gasteiger charge is 2.22. The number of nitrogens with zero attached hydrogens (tertiary/aromatic N) is 3. The van der Waals surface area contributed by atoms with Crippen molar-refractivity contribution in [3.63, 3.8) is 0 Å². The fourth-order valence-corrected chi connectivity index (χ4v) is 3.28. The van der Waals surface area contributed by atoms with Crippen molar-refractivity contribution in [3.05, 3.63) is 82.9 Å². The summed E-state index contributed by atoms with van der Waals surface area (Å²) < 4.78 is 20.3. The number of aryl methyl sites for hydroxylation is 1. The van der Waals surface area contributed by atoms with E-state index in [1.165, 1.54) is 17.0 Å². The van der Waals surface area contributed by atoms with Crippen molar-refractivity contribution in [2.45, 2.75) is 27.3 Å². The van der Waals surface area contributed by atoms with Gasteiger partial charge in [-0.15, -0.1) is 0 Å². The number of carbonyl (C=O) groups is 2. The van der Waals surface area contributed by atoms with Crippen molar-refractivity contribution in [1.29, 1.82) is 0 Å². The summed E-state index contributed by atoms with van der Waals surface area (Å²) in [5.41, 5.74) is 3.02. The number of para-hydroxylation sites is 1. The van der Waals surface area contributed by atoms with Gasteiger partial charge in [0.05, 0.1) is 17.1 Å². The number of esters is 1. The molecular formula is C23H24FN3O3. The Kier molecular flexibility index (Phi) is 6.61. The molecule has 1 amide bonds. The highest BCUT2D eigenvalue weighted by molar-refractivity contribution is 5.93. The molecule has 0 radical (unpaired) electrons. The van der Waals surface area contributed by atoms with Crippen LogP contribution >= 0.6 is 0 Å². The number of halogens is 1. The molecule has 2 aromatic carbocycles. The third-order valence-corrected chi connectivity index (χ3v) is 4.82. The van der Waals surface area contributed by atoms with E-state index in [2.05, 4.69) is 5.10 Å². The molecule has 0 atom stereocenters. The predicted octanol–water partition coefficient (Wildman–Crippen LogP) is 3.83. The number of rotatable bonds is 7. The first-order valence-corrected chi connectivity index (χ1v) is 9.71. The monoisotopic (exact) mass is 409 g/mol. The van der Waals surface area contributed by atoms with E-state index >= 15 is 0 Å². The highest BCUT2D eigenvalue weighted by Crippen LogP contribution is 2.19. The Morgan fingerprint density at radius 3 is 2.50 bits per heavy atom. The van der Waals surface area contributed by atoms with Gasteiger partial charge < -0.3 is 9.64 Å². The quantitative estimate of drug-likeness (QED) is 0.557. The molecule has 0 unspecified atom stereocenters. The van der Waals surface area contributed by atoms with Crippen molar-refractivity contribution >= 4 is 11.9 Å². The van der Waals surface area contributed by atoms with Crippen LogP contribution in [-0.2, 0) is 16.1 Å². The van der Waals surface area contributed by atoms with Crippen LogP contribution in [0.25, 0.3) is 5.69 Å². The lowest BCUT2D eigenvalue weighted by molar-refractivity contribution is -0.134. The molecule has 7 heteroatoms. The third kappa shape index (κ3) is 4.74. The number of hydrogen-bond donors (Lipinski definition) is 0. The number of carbonyl (C=O) groups excluding carboxylic acids is 2. The Morgan fingerprint density at radius 1 is 1.10 bits per heavy atom. The first-order chi connectivity index (χ1) is 14.4. The zero-order valence-corrected chi connectivity index (χ0v) is 17.3. The Balaban J connectivity index is 1.67. The van der Waals surface area contributed by atoms with E-state index in [4.69, 9.17) is 4.74 Å². The summed E-state index contributed by atoms with van der Waals surface area (Å²) in [4.78, 5) is 26.7. The first kappa shape index (κ1) is 21.2. The zero-order valence-electron chi connectivity index (χ0n) is 17.3. The lowest BCUT2D eigenvalue weighted by atomic mass is 10.2. The Bertz CT molecular complexity index is 1050. The molecule has 0 aliphatic heterocycles. The average molecular weight is 409 g/mol. The molecule has 0 aliphatic carbocycles. The summed E-state index contributed by atoms with van der Waals surface area (Å²) in [5, 5.41) is 4.43. The van der Waals surface area contributed by atoms with Gasteiger partial charge >= 0.3 is 5.97 Å². The van der Waals surface area contributed by atoms with Crippen LogP contribution in [0.3, 0.4) is 0 Å². The van der Waals surface area contributed by atoms with Crippen molar-refractivity contribution in [1.82, 2.24) is 14.7 Å². The smallest absolute Gasteiger partial charge is 0.342 e. The van der Waals surface area contributed by atoms with Crippen LogP contribution in [0.2, 0.25) is 0 Å². The standard InChI is InChI=1S/C23H24FN3O3/c1-4-26(14-18-9-8-10-19(24)13-18)21(28)15-30-23(29)22-16(2)25-27(17(22)3)20-11-6-5-7-12-20/h5-13H,4,14-15H2,1-3H3. The van der Waals surface area contributed by atoms with E-state index in [-0.39, 0.29) is 18.3 Å². The summed E-state index contributed by atoms with van der Waals surface area (Å²) in [5.74, 6) is -1.30. The zero-order chi connectivity index (χ0) is 21.7. The van der Waals surface area contributed by atoms with E-state index in [1.807, 2.05) is 37.3 Å². The molecule has 3 rings (SSSR count). The summed E-state index contributed by atoms with van der Waals surface area (Å²) in [6.45, 7) is 5.60. The van der Waals surface area contributed by atoms with E-state index in [0.717, 1.165) is 5.69 Å². The number of likely N-dealkylation sites (N-methyl/N-ethyl adjacent to an activating group) is 1. The number of ether oxygens (including phenoxy) is 1. The minimum atomic E-state index is -0.595. The van der Waals surface area contributed by atoms with Gasteiger partial charge in [-0.3, -0.25) is 4.79 Å². The maximum Gasteiger partial charge on any atom is 0.342 e. The van der Waals surface area contributed by atoms with Crippen molar-refractivity contribution in [2.75, 3.05) is 13.2 Å². The number of aromatic nitrogens is 2. The lowest BCUT2D eigenvalue weighted by Gasteiger charge is -2.21. The van der Waals surface area contributed by atoms with Crippen LogP contribution in [0.15, 0.2) is 54.6 Å². The molecule has 0 bridgehead atoms. The second-order valence-electron chi connectivity index (χ2n) is 6.91. The molecule has 1 heterocycles. The van der Waals surface area contributed by atoms with Crippen molar-refractivity contribution in [3.8, 4) is 5.69 Å². The van der Waals surface area contributed by atoms with Gasteiger partial charge in [0.25, 0.3) is 5.91 Å². The third-order valence-electron chi connectivity index (χ3n) is 4.82. The van der Waals surface area contributed by atoms with Gasteiger partial charge in [-0.05, 0) is 50.6 Å². The SMILES string of the molecule is CCN(Cc1cccc(F)c1)C(=O)COC(=O)c1c(C)nn(-c2ccccc2)c1C. The van der Waals surface area contributed by atoms with Crippen LogP contribution in [-0.4, -0.2) is 39.7 Å². The van der Waals surface area contributed by atoms with Crippen molar-refractivity contribution in [2.24, 2.45) is 0 Å². The van der Waals surface area contributed by atoms with Gasteiger partial charge in [0.2, 0.25) is 0 Å². The molecule has 0 fully saturated rings. The van der Waals surface area contributed by atoms with E-state index in [9.17, 15) is 14.0 Å². The topological polar surface area (TPSA) is 64.4 Å². The van der Waals surface area contributed by atoms with Crippen LogP contribution in [0.4, 0.5) is 4.39 Å². The number of benzene rings is 2. The second kappa shape index (κ2) is 9.35. The van der Waals surface area contributed by atoms with Crippen LogP contribution in [0.5, 0.6) is 0 Å². The predicted molar refractivity (Wildman–Crippen MR) is 111 cm³/mol. The first-order valence-electron chi connectivity index (χ1n) is 9.71. The summed E-state index contributed by atoms with van der Waals surface area (Å²) >= 11 is 0. The Labute approximate surface area is 174 Å². The van der Waals surface area contributed by atoms with E-state index < -0.39 is 12.6 Å². The minimum Gasteiger partial charge on any atom is -0.452 e. The number of amides is 1. The molecule has 0 saturated carbocycles. The van der Waals surface area contributed by atoms with Crippen LogP contribution in [0.1, 0.15) is 34.2 Å². The van der Waals surface area contributed by atoms with Gasteiger partial charge in [-0.1, -0.05) is 30.3 Å². The normalized spacial score (nSPS) is 10.7. The molecule has 0 aliphatic rings. The molecule has 30 heavy (non-hydrogen) atoms. The van der Waals surface area contributed by atoms with Gasteiger partial charge in [-0.25, -0.2) is 13.9 Å². The van der Waals surface area contributed by atoms with Gasteiger partial charge in [0, 0.05) is 13.1 Å². The van der Waals surface area contributed by atoms with Crippen LogP contribution < -0.4 is 0 Å². The van der Waals surface area contributed by atoms with Gasteiger partial charge in [0.1, 0.15) is 11.4 Å². The maximum atomic E-state index is 13.4. The molecule has 0 N–H and O–H groups in total. The molecule has 0 saturated heterocycles. The van der Waals surface area contributed by atoms with E-state index in [1.54, 1.807) is 30.7 Å². The fraction of sp³-hybridized carbons (Fsp3) is 0.261. The molecule has 3 aromatic rings. The van der Waals surface area contributed by atoms with Gasteiger partial charge in [0.15, 0.2) is 6.61 Å². The molecule has 156 valence electrons. The highest BCUT2D eigenvalue weighted by atomic mass is 19.1. The van der Waals surface area contributed by atoms with Crippen molar-refractivity contribution < 1.29 is 18.7 Å². The molecule has 1 aromatic heterocycles. The molecule has 0 spiro atoms. The van der Waals surface area contributed by atoms with Crippen LogP contribution in [0, 0.1) is 19.7 Å². The molecular weight excluding hydrogens is 385 g/mol. The van der Waals surface area contributed by atoms with E-state index in [0.29, 0.717) is 29.1 Å². The van der Waals surface area contributed by atoms with Gasteiger partial charge in [-0.2, -0.15) is 5.10 Å². The molecule has 6 nitrogen and oxygen atoms in total. The Hall–Kier alpha value is -3.48. The average Bonchev–Trinajstić information content (AvgIpc) is 3.04. The summed E-state index contributed by atoms with van der Waals surface area (Å²) in [6, 6.07) is 15.5. The lowest BCUT2D eigenvalue weighted by Crippen LogP contribution is -2.34.